The first-order chi connectivity index (χ1) is 17.1. The molecule has 0 saturated carbocycles. The summed E-state index contributed by atoms with van der Waals surface area (Å²) in [7, 11) is 0. The third-order valence-corrected chi connectivity index (χ3v) is 5.64. The highest BCUT2D eigenvalue weighted by Gasteiger charge is 2.23. The van der Waals surface area contributed by atoms with E-state index in [0.29, 0.717) is 5.56 Å². The number of fused-ring (bicyclic) bond motifs is 1. The molecule has 0 radical (unpaired) electrons. The lowest BCUT2D eigenvalue weighted by Crippen LogP contribution is -2.52. The predicted octanol–water partition coefficient (Wildman–Crippen LogP) is 0.176. The van der Waals surface area contributed by atoms with Crippen LogP contribution in [0.1, 0.15) is 18.1 Å². The molecule has 2 aromatic carbocycles. The van der Waals surface area contributed by atoms with Gasteiger partial charge < -0.3 is 36.9 Å². The summed E-state index contributed by atoms with van der Waals surface area (Å²) in [4.78, 5) is 51.7. The third kappa shape index (κ3) is 7.06. The number of carbonyl (C=O) groups excluding carboxylic acids is 3. The van der Waals surface area contributed by atoms with Crippen molar-refractivity contribution in [2.75, 3.05) is 6.54 Å². The van der Waals surface area contributed by atoms with Gasteiger partial charge in [0, 0.05) is 23.5 Å². The van der Waals surface area contributed by atoms with E-state index >= 15 is 0 Å². The van der Waals surface area contributed by atoms with Gasteiger partial charge in [-0.2, -0.15) is 0 Å². The van der Waals surface area contributed by atoms with E-state index in [1.54, 1.807) is 18.3 Å². The van der Waals surface area contributed by atoms with Crippen molar-refractivity contribution in [1.82, 2.24) is 20.9 Å². The number of para-hydroxylation sites is 1. The molecule has 0 saturated heterocycles. The van der Waals surface area contributed by atoms with Crippen LogP contribution in [0, 0.1) is 0 Å². The molecule has 0 fully saturated rings. The minimum absolute atomic E-state index is 0.00389. The number of aromatic nitrogens is 1. The maximum absolute atomic E-state index is 12.5. The Morgan fingerprint density at radius 2 is 1.67 bits per heavy atom. The number of benzene rings is 2. The summed E-state index contributed by atoms with van der Waals surface area (Å²) >= 11 is 0. The van der Waals surface area contributed by atoms with E-state index in [0.717, 1.165) is 16.5 Å². The summed E-state index contributed by atoms with van der Waals surface area (Å²) in [5, 5.41) is 26.9. The number of aromatic amines is 1. The topological polar surface area (TPSA) is 187 Å². The molecular weight excluding hydrogens is 466 g/mol. The molecule has 0 aliphatic rings. The number of carboxylic acid groups (broad SMARTS) is 1. The zero-order chi connectivity index (χ0) is 26.2. The van der Waals surface area contributed by atoms with Crippen LogP contribution in [-0.4, -0.2) is 63.6 Å². The summed E-state index contributed by atoms with van der Waals surface area (Å²) in [6, 6.07) is 10.5. The fourth-order valence-electron chi connectivity index (χ4n) is 3.65. The normalized spacial score (nSPS) is 13.4. The minimum Gasteiger partial charge on any atom is -0.508 e. The zero-order valence-electron chi connectivity index (χ0n) is 19.7. The quantitative estimate of drug-likeness (QED) is 0.198. The number of carbonyl (C=O) groups is 4. The van der Waals surface area contributed by atoms with Crippen molar-refractivity contribution in [2.45, 2.75) is 37.9 Å². The van der Waals surface area contributed by atoms with Crippen LogP contribution in [0.5, 0.6) is 5.75 Å². The van der Waals surface area contributed by atoms with Crippen molar-refractivity contribution >= 4 is 34.6 Å². The van der Waals surface area contributed by atoms with Gasteiger partial charge in [0.1, 0.15) is 17.8 Å². The SMILES string of the molecule is CC(NC(=O)C(N)Cc1c[nH]c2ccccc12)C(=O)NCC(=O)NC(Cc1ccc(O)cc1)C(=O)O. The van der Waals surface area contributed by atoms with Gasteiger partial charge in [0.15, 0.2) is 0 Å². The lowest BCUT2D eigenvalue weighted by atomic mass is 10.0. The summed E-state index contributed by atoms with van der Waals surface area (Å²) in [6.45, 7) is 0.980. The molecule has 8 N–H and O–H groups in total. The molecule has 11 heteroatoms. The van der Waals surface area contributed by atoms with E-state index in [1.807, 2.05) is 24.3 Å². The first-order valence-corrected chi connectivity index (χ1v) is 11.3. The maximum atomic E-state index is 12.5. The second-order valence-electron chi connectivity index (χ2n) is 8.45. The number of rotatable bonds is 11. The second-order valence-corrected chi connectivity index (χ2v) is 8.45. The number of nitrogens with one attached hydrogen (secondary N) is 4. The number of aromatic hydroxyl groups is 1. The van der Waals surface area contributed by atoms with E-state index < -0.39 is 48.4 Å². The molecule has 190 valence electrons. The van der Waals surface area contributed by atoms with Crippen LogP contribution >= 0.6 is 0 Å². The Kier molecular flexibility index (Phi) is 8.63. The fraction of sp³-hybridized carbons (Fsp3) is 0.280. The number of phenols is 1. The summed E-state index contributed by atoms with van der Waals surface area (Å²) < 4.78 is 0. The zero-order valence-corrected chi connectivity index (χ0v) is 19.7. The molecule has 11 nitrogen and oxygen atoms in total. The standard InChI is InChI=1S/C25H29N5O6/c1-14(29-24(34)19(26)11-16-12-27-20-5-3-2-4-18(16)20)23(33)28-13-22(32)30-21(25(35)36)10-15-6-8-17(31)9-7-15/h2-9,12,14,19,21,27,31H,10-11,13,26H2,1H3,(H,28,33)(H,29,34)(H,30,32)(H,35,36). The van der Waals surface area contributed by atoms with Crippen molar-refractivity contribution in [3.63, 3.8) is 0 Å². The van der Waals surface area contributed by atoms with Crippen molar-refractivity contribution < 1.29 is 29.4 Å². The highest BCUT2D eigenvalue weighted by atomic mass is 16.4. The van der Waals surface area contributed by atoms with E-state index in [-0.39, 0.29) is 18.6 Å². The monoisotopic (exact) mass is 495 g/mol. The number of H-pyrrole nitrogens is 1. The van der Waals surface area contributed by atoms with E-state index in [4.69, 9.17) is 5.73 Å². The lowest BCUT2D eigenvalue weighted by Gasteiger charge is -2.18. The molecule has 0 aliphatic heterocycles. The Balaban J connectivity index is 1.45. The molecule has 3 aromatic rings. The van der Waals surface area contributed by atoms with Crippen LogP contribution in [0.15, 0.2) is 54.7 Å². The molecule has 3 unspecified atom stereocenters. The van der Waals surface area contributed by atoms with Crippen molar-refractivity contribution in [2.24, 2.45) is 5.73 Å². The number of carboxylic acids is 1. The average molecular weight is 496 g/mol. The first kappa shape index (κ1) is 26.2. The number of aliphatic carboxylic acids is 1. The fourth-order valence-corrected chi connectivity index (χ4v) is 3.65. The summed E-state index contributed by atoms with van der Waals surface area (Å²) in [5.74, 6) is -3.05. The highest BCUT2D eigenvalue weighted by Crippen LogP contribution is 2.18. The lowest BCUT2D eigenvalue weighted by molar-refractivity contribution is -0.141. The van der Waals surface area contributed by atoms with Gasteiger partial charge in [-0.05, 0) is 42.7 Å². The van der Waals surface area contributed by atoms with Crippen LogP contribution < -0.4 is 21.7 Å². The Hall–Kier alpha value is -4.38. The largest absolute Gasteiger partial charge is 0.508 e. The van der Waals surface area contributed by atoms with Crippen LogP contribution in [0.2, 0.25) is 0 Å². The van der Waals surface area contributed by atoms with Crippen LogP contribution in [0.25, 0.3) is 10.9 Å². The van der Waals surface area contributed by atoms with Gasteiger partial charge in [-0.1, -0.05) is 30.3 Å². The van der Waals surface area contributed by atoms with Gasteiger partial charge in [-0.15, -0.1) is 0 Å². The van der Waals surface area contributed by atoms with Crippen molar-refractivity contribution in [3.8, 4) is 5.75 Å². The molecule has 3 rings (SSSR count). The molecule has 0 bridgehead atoms. The number of nitrogens with two attached hydrogens (primary N) is 1. The molecule has 36 heavy (non-hydrogen) atoms. The minimum atomic E-state index is -1.24. The summed E-state index contributed by atoms with van der Waals surface area (Å²) in [5.41, 5.74) is 8.44. The van der Waals surface area contributed by atoms with Gasteiger partial charge in [-0.25, -0.2) is 4.79 Å². The van der Waals surface area contributed by atoms with Gasteiger partial charge in [0.05, 0.1) is 12.6 Å². The Bertz CT molecular complexity index is 1240. The predicted molar refractivity (Wildman–Crippen MR) is 132 cm³/mol. The molecule has 3 atom stereocenters. The van der Waals surface area contributed by atoms with Gasteiger partial charge in [-0.3, -0.25) is 14.4 Å². The maximum Gasteiger partial charge on any atom is 0.326 e. The highest BCUT2D eigenvalue weighted by molar-refractivity contribution is 5.93. The first-order valence-electron chi connectivity index (χ1n) is 11.3. The van der Waals surface area contributed by atoms with Crippen molar-refractivity contribution in [1.29, 1.82) is 0 Å². The van der Waals surface area contributed by atoms with Crippen LogP contribution in [0.3, 0.4) is 0 Å². The molecule has 1 aromatic heterocycles. The second kappa shape index (κ2) is 11.8. The van der Waals surface area contributed by atoms with Gasteiger partial charge in [0.2, 0.25) is 17.7 Å². The van der Waals surface area contributed by atoms with E-state index in [2.05, 4.69) is 20.9 Å². The average Bonchev–Trinajstić information content (AvgIpc) is 3.26. The Labute approximate surface area is 207 Å². The Morgan fingerprint density at radius 3 is 2.36 bits per heavy atom. The molecule has 3 amide bonds. The molecular formula is C25H29N5O6. The summed E-state index contributed by atoms with van der Waals surface area (Å²) in [6.07, 6.45) is 2.05. The van der Waals surface area contributed by atoms with E-state index in [1.165, 1.54) is 19.1 Å². The van der Waals surface area contributed by atoms with Crippen molar-refractivity contribution in [3.05, 3.63) is 65.9 Å². The number of phenolic OH excluding ortho intramolecular Hbond substituents is 1. The number of hydrogen-bond acceptors (Lipinski definition) is 6. The molecule has 0 spiro atoms. The smallest absolute Gasteiger partial charge is 0.326 e. The third-order valence-electron chi connectivity index (χ3n) is 5.64. The number of amides is 3. The van der Waals surface area contributed by atoms with Gasteiger partial charge in [0.25, 0.3) is 0 Å². The van der Waals surface area contributed by atoms with Gasteiger partial charge >= 0.3 is 5.97 Å². The van der Waals surface area contributed by atoms with Crippen LogP contribution in [0.4, 0.5) is 0 Å². The van der Waals surface area contributed by atoms with E-state index in [9.17, 15) is 29.4 Å². The number of hydrogen-bond donors (Lipinski definition) is 7. The molecule has 1 heterocycles. The van der Waals surface area contributed by atoms with Crippen LogP contribution in [-0.2, 0) is 32.0 Å². The molecule has 0 aliphatic carbocycles. The Morgan fingerprint density at radius 1 is 0.972 bits per heavy atom.